The van der Waals surface area contributed by atoms with Crippen LogP contribution in [-0.4, -0.2) is 46.3 Å². The minimum atomic E-state index is -0.313. The molecule has 1 aliphatic rings. The van der Waals surface area contributed by atoms with Crippen LogP contribution < -0.4 is 29.2 Å². The van der Waals surface area contributed by atoms with Crippen LogP contribution in [0.25, 0.3) is 0 Å². The lowest BCUT2D eigenvalue weighted by Gasteiger charge is -2.22. The van der Waals surface area contributed by atoms with Gasteiger partial charge < -0.3 is 29.2 Å². The average Bonchev–Trinajstić information content (AvgIpc) is 3.05. The molecule has 37 heavy (non-hydrogen) atoms. The zero-order valence-electron chi connectivity index (χ0n) is 21.3. The van der Waals surface area contributed by atoms with Crippen LogP contribution in [0.5, 0.6) is 23.0 Å². The highest BCUT2D eigenvalue weighted by Gasteiger charge is 2.31. The fourth-order valence-corrected chi connectivity index (χ4v) is 5.47. The van der Waals surface area contributed by atoms with Crippen LogP contribution >= 0.6 is 11.8 Å². The lowest BCUT2D eigenvalue weighted by atomic mass is 10.1. The SMILES string of the molecule is CCOc1ccccc1NC(=O)CN1C(=O)C[C@H](c2cc(OC)c(OC)c(OC)c2)Sc2ccccc21. The fraction of sp³-hybridized carbons (Fsp3) is 0.286. The number of nitrogens with zero attached hydrogens (tertiary/aromatic N) is 1. The standard InChI is InChI=1S/C28H30N2O6S/c1-5-36-21-12-8-6-10-19(21)29-26(31)17-30-20-11-7-9-13-24(20)37-25(16-27(30)32)18-14-22(33-2)28(35-4)23(15-18)34-3/h6-15,25H,5,16-17H2,1-4H3,(H,29,31)/t25-/m1/s1. The van der Waals surface area contributed by atoms with Gasteiger partial charge >= 0.3 is 0 Å². The molecule has 0 unspecified atom stereocenters. The zero-order valence-corrected chi connectivity index (χ0v) is 22.1. The third-order valence-corrected chi connectivity index (χ3v) is 7.23. The van der Waals surface area contributed by atoms with E-state index in [9.17, 15) is 9.59 Å². The van der Waals surface area contributed by atoms with E-state index < -0.39 is 0 Å². The largest absolute Gasteiger partial charge is 0.493 e. The molecule has 0 aromatic heterocycles. The number of amides is 2. The monoisotopic (exact) mass is 522 g/mol. The van der Waals surface area contributed by atoms with Gasteiger partial charge in [-0.3, -0.25) is 9.59 Å². The highest BCUT2D eigenvalue weighted by Crippen LogP contribution is 2.49. The smallest absolute Gasteiger partial charge is 0.244 e. The molecule has 0 saturated carbocycles. The van der Waals surface area contributed by atoms with Gasteiger partial charge in [-0.1, -0.05) is 24.3 Å². The number of anilines is 2. The van der Waals surface area contributed by atoms with Crippen LogP contribution in [-0.2, 0) is 9.59 Å². The number of para-hydroxylation sites is 3. The van der Waals surface area contributed by atoms with Gasteiger partial charge in [0.2, 0.25) is 17.6 Å². The summed E-state index contributed by atoms with van der Waals surface area (Å²) in [5.41, 5.74) is 2.12. The Morgan fingerprint density at radius 2 is 1.65 bits per heavy atom. The average molecular weight is 523 g/mol. The topological polar surface area (TPSA) is 86.3 Å². The predicted molar refractivity (Wildman–Crippen MR) is 144 cm³/mol. The Morgan fingerprint density at radius 1 is 0.973 bits per heavy atom. The van der Waals surface area contributed by atoms with Crippen molar-refractivity contribution in [1.82, 2.24) is 0 Å². The van der Waals surface area contributed by atoms with Crippen molar-refractivity contribution in [3.05, 3.63) is 66.2 Å². The molecule has 1 heterocycles. The van der Waals surface area contributed by atoms with Crippen LogP contribution in [0.1, 0.15) is 24.2 Å². The minimum Gasteiger partial charge on any atom is -0.493 e. The summed E-state index contributed by atoms with van der Waals surface area (Å²) in [5.74, 6) is 1.64. The summed E-state index contributed by atoms with van der Waals surface area (Å²) < 4.78 is 22.1. The van der Waals surface area contributed by atoms with Crippen molar-refractivity contribution >= 4 is 35.0 Å². The first kappa shape index (κ1) is 26.2. The van der Waals surface area contributed by atoms with E-state index >= 15 is 0 Å². The third kappa shape index (κ3) is 5.77. The molecule has 1 aliphatic heterocycles. The Bertz CT molecular complexity index is 1260. The van der Waals surface area contributed by atoms with Gasteiger partial charge in [0.05, 0.1) is 39.3 Å². The van der Waals surface area contributed by atoms with Crippen LogP contribution in [0.15, 0.2) is 65.6 Å². The number of benzene rings is 3. The fourth-order valence-electron chi connectivity index (χ4n) is 4.21. The van der Waals surface area contributed by atoms with Crippen molar-refractivity contribution in [2.45, 2.75) is 23.5 Å². The summed E-state index contributed by atoms with van der Waals surface area (Å²) in [5, 5.41) is 2.66. The summed E-state index contributed by atoms with van der Waals surface area (Å²) in [4.78, 5) is 29.1. The molecule has 0 saturated heterocycles. The molecule has 9 heteroatoms. The highest BCUT2D eigenvalue weighted by molar-refractivity contribution is 7.99. The van der Waals surface area contributed by atoms with E-state index in [1.165, 1.54) is 0 Å². The van der Waals surface area contributed by atoms with Crippen molar-refractivity contribution in [3.8, 4) is 23.0 Å². The highest BCUT2D eigenvalue weighted by atomic mass is 32.2. The summed E-state index contributed by atoms with van der Waals surface area (Å²) in [7, 11) is 4.67. The Balaban J connectivity index is 1.62. The van der Waals surface area contributed by atoms with Crippen LogP contribution in [0.3, 0.4) is 0 Å². The molecular formula is C28H30N2O6S. The van der Waals surface area contributed by atoms with Crippen LogP contribution in [0.4, 0.5) is 11.4 Å². The molecule has 3 aromatic carbocycles. The van der Waals surface area contributed by atoms with Crippen molar-refractivity contribution < 1.29 is 28.5 Å². The second-order valence-corrected chi connectivity index (χ2v) is 9.44. The number of rotatable bonds is 9. The molecule has 0 fully saturated rings. The number of methoxy groups -OCH3 is 3. The van der Waals surface area contributed by atoms with E-state index in [-0.39, 0.29) is 30.0 Å². The number of fused-ring (bicyclic) bond motifs is 1. The van der Waals surface area contributed by atoms with Crippen molar-refractivity contribution in [3.63, 3.8) is 0 Å². The molecular weight excluding hydrogens is 492 g/mol. The van der Waals surface area contributed by atoms with E-state index in [4.69, 9.17) is 18.9 Å². The lowest BCUT2D eigenvalue weighted by molar-refractivity contribution is -0.121. The second-order valence-electron chi connectivity index (χ2n) is 8.19. The molecule has 3 aromatic rings. The Hall–Kier alpha value is -3.85. The first-order valence-corrected chi connectivity index (χ1v) is 12.7. The van der Waals surface area contributed by atoms with Crippen molar-refractivity contribution in [2.75, 3.05) is 44.7 Å². The zero-order chi connectivity index (χ0) is 26.4. The molecule has 194 valence electrons. The molecule has 8 nitrogen and oxygen atoms in total. The summed E-state index contributed by atoms with van der Waals surface area (Å²) >= 11 is 1.56. The Morgan fingerprint density at radius 3 is 2.32 bits per heavy atom. The van der Waals surface area contributed by atoms with E-state index in [0.717, 1.165) is 10.5 Å². The van der Waals surface area contributed by atoms with E-state index in [1.807, 2.05) is 55.5 Å². The maximum absolute atomic E-state index is 13.6. The van der Waals surface area contributed by atoms with E-state index in [0.29, 0.717) is 41.0 Å². The Labute approximate surface area is 220 Å². The van der Waals surface area contributed by atoms with E-state index in [1.54, 1.807) is 50.1 Å². The molecule has 1 atom stereocenters. The maximum Gasteiger partial charge on any atom is 0.244 e. The normalized spacial score (nSPS) is 14.9. The molecule has 2 amide bonds. The number of hydrogen-bond acceptors (Lipinski definition) is 7. The lowest BCUT2D eigenvalue weighted by Crippen LogP contribution is -2.38. The molecule has 0 radical (unpaired) electrons. The van der Waals surface area contributed by atoms with Gasteiger partial charge in [-0.05, 0) is 48.9 Å². The van der Waals surface area contributed by atoms with Gasteiger partial charge in [-0.2, -0.15) is 0 Å². The number of nitrogens with one attached hydrogen (secondary N) is 1. The second kappa shape index (κ2) is 11.9. The number of carbonyl (C=O) groups excluding carboxylic acids is 2. The van der Waals surface area contributed by atoms with Crippen LogP contribution in [0.2, 0.25) is 0 Å². The van der Waals surface area contributed by atoms with Crippen molar-refractivity contribution in [2.24, 2.45) is 0 Å². The number of thioether (sulfide) groups is 1. The molecule has 0 bridgehead atoms. The maximum atomic E-state index is 13.6. The number of carbonyl (C=O) groups is 2. The molecule has 4 rings (SSSR count). The number of hydrogen-bond donors (Lipinski definition) is 1. The van der Waals surface area contributed by atoms with Gasteiger partial charge in [0.1, 0.15) is 12.3 Å². The Kier molecular flexibility index (Phi) is 8.45. The molecule has 0 spiro atoms. The number of ether oxygens (including phenoxy) is 4. The van der Waals surface area contributed by atoms with Gasteiger partial charge in [0.25, 0.3) is 0 Å². The summed E-state index contributed by atoms with van der Waals surface area (Å²) in [6.07, 6.45) is 0.181. The van der Waals surface area contributed by atoms with Crippen molar-refractivity contribution in [1.29, 1.82) is 0 Å². The first-order valence-electron chi connectivity index (χ1n) is 11.9. The molecule has 1 N–H and O–H groups in total. The summed E-state index contributed by atoms with van der Waals surface area (Å²) in [6.45, 7) is 2.23. The van der Waals surface area contributed by atoms with Gasteiger partial charge in [0, 0.05) is 16.6 Å². The van der Waals surface area contributed by atoms with E-state index in [2.05, 4.69) is 5.32 Å². The third-order valence-electron chi connectivity index (χ3n) is 5.91. The predicted octanol–water partition coefficient (Wildman–Crippen LogP) is 5.32. The first-order chi connectivity index (χ1) is 18.0. The molecule has 0 aliphatic carbocycles. The van der Waals surface area contributed by atoms with Gasteiger partial charge in [0.15, 0.2) is 11.5 Å². The minimum absolute atomic E-state index is 0.126. The van der Waals surface area contributed by atoms with Gasteiger partial charge in [-0.15, -0.1) is 11.8 Å². The van der Waals surface area contributed by atoms with Crippen LogP contribution in [0, 0.1) is 0 Å². The summed E-state index contributed by atoms with van der Waals surface area (Å²) in [6, 6.07) is 18.6. The van der Waals surface area contributed by atoms with Gasteiger partial charge in [-0.25, -0.2) is 0 Å². The quantitative estimate of drug-likeness (QED) is 0.407.